The van der Waals surface area contributed by atoms with Crippen molar-refractivity contribution in [2.75, 3.05) is 0 Å². The number of hydrogen-bond acceptors (Lipinski definition) is 4. The van der Waals surface area contributed by atoms with Gasteiger partial charge in [-0.15, -0.1) is 0 Å². The number of rotatable bonds is 4. The van der Waals surface area contributed by atoms with E-state index < -0.39 is 0 Å². The summed E-state index contributed by atoms with van der Waals surface area (Å²) in [4.78, 5) is 9.40. The Balaban J connectivity index is 1.31. The fourth-order valence-electron chi connectivity index (χ4n) is 5.38. The molecule has 0 fully saturated rings. The molecule has 184 valence electrons. The lowest BCUT2D eigenvalue weighted by Crippen LogP contribution is -1.95. The first-order valence-corrected chi connectivity index (χ1v) is 13.7. The number of aromatic nitrogens is 3. The summed E-state index contributed by atoms with van der Waals surface area (Å²) in [5.74, 6) is 0.619. The molecular formula is C34H21N3OS. The average molecular weight is 520 g/mol. The maximum absolute atomic E-state index is 6.31. The van der Waals surface area contributed by atoms with Crippen LogP contribution in [0.2, 0.25) is 0 Å². The van der Waals surface area contributed by atoms with Crippen molar-refractivity contribution < 1.29 is 4.42 Å². The molecule has 4 aromatic heterocycles. The van der Waals surface area contributed by atoms with E-state index in [2.05, 4.69) is 105 Å². The fourth-order valence-corrected chi connectivity index (χ4v) is 6.04. The Morgan fingerprint density at radius 2 is 1.54 bits per heavy atom. The van der Waals surface area contributed by atoms with Crippen LogP contribution in [0, 0.1) is 0 Å². The fraction of sp³-hybridized carbons (Fsp3) is 0. The molecule has 0 aliphatic rings. The van der Waals surface area contributed by atoms with Crippen molar-refractivity contribution in [1.82, 2.24) is 14.5 Å². The molecule has 0 saturated carbocycles. The van der Waals surface area contributed by atoms with Crippen LogP contribution in [0.25, 0.3) is 72.4 Å². The van der Waals surface area contributed by atoms with Crippen molar-refractivity contribution in [1.29, 1.82) is 0 Å². The average Bonchev–Trinajstić information content (AvgIpc) is 3.75. The SMILES string of the molecule is c1ccc(-c2cccc(-n3c4ccccc4c4ccc(-c5nc6ccc(-c7ccsc7)cc6o5)cc43)c2)nc1. The van der Waals surface area contributed by atoms with E-state index in [9.17, 15) is 0 Å². The molecule has 4 nitrogen and oxygen atoms in total. The van der Waals surface area contributed by atoms with Crippen LogP contribution < -0.4 is 0 Å². The summed E-state index contributed by atoms with van der Waals surface area (Å²) in [6, 6.07) is 37.9. The summed E-state index contributed by atoms with van der Waals surface area (Å²) in [5, 5.41) is 6.63. The second-order valence-corrected chi connectivity index (χ2v) is 10.3. The zero-order valence-electron chi connectivity index (χ0n) is 20.8. The Kier molecular flexibility index (Phi) is 4.96. The van der Waals surface area contributed by atoms with E-state index in [0.29, 0.717) is 5.89 Å². The van der Waals surface area contributed by atoms with Crippen LogP contribution in [0.5, 0.6) is 0 Å². The zero-order valence-corrected chi connectivity index (χ0v) is 21.6. The van der Waals surface area contributed by atoms with Crippen LogP contribution in [0.4, 0.5) is 0 Å². The van der Waals surface area contributed by atoms with Gasteiger partial charge in [0.1, 0.15) is 5.52 Å². The van der Waals surface area contributed by atoms with Gasteiger partial charge in [-0.1, -0.05) is 48.5 Å². The van der Waals surface area contributed by atoms with Gasteiger partial charge in [0.05, 0.1) is 16.7 Å². The Morgan fingerprint density at radius 1 is 0.641 bits per heavy atom. The van der Waals surface area contributed by atoms with Crippen molar-refractivity contribution in [3.8, 4) is 39.5 Å². The zero-order chi connectivity index (χ0) is 25.8. The number of para-hydroxylation sites is 1. The molecule has 8 rings (SSSR count). The molecule has 0 amide bonds. The monoisotopic (exact) mass is 519 g/mol. The minimum Gasteiger partial charge on any atom is -0.436 e. The van der Waals surface area contributed by atoms with E-state index in [4.69, 9.17) is 9.40 Å². The van der Waals surface area contributed by atoms with Gasteiger partial charge in [-0.3, -0.25) is 4.98 Å². The normalized spacial score (nSPS) is 11.6. The van der Waals surface area contributed by atoms with Crippen LogP contribution in [0.15, 0.2) is 131 Å². The number of pyridine rings is 1. The van der Waals surface area contributed by atoms with Gasteiger partial charge in [0.2, 0.25) is 5.89 Å². The Labute approximate surface area is 228 Å². The Hall–Kier alpha value is -5.00. The van der Waals surface area contributed by atoms with E-state index in [1.54, 1.807) is 11.3 Å². The molecule has 0 aliphatic carbocycles. The molecule has 0 atom stereocenters. The third-order valence-electron chi connectivity index (χ3n) is 7.23. The molecule has 5 heteroatoms. The van der Waals surface area contributed by atoms with Gasteiger partial charge in [0.15, 0.2) is 5.58 Å². The molecular weight excluding hydrogens is 498 g/mol. The second kappa shape index (κ2) is 8.79. The largest absolute Gasteiger partial charge is 0.436 e. The molecule has 4 heterocycles. The number of fused-ring (bicyclic) bond motifs is 4. The van der Waals surface area contributed by atoms with Gasteiger partial charge in [0, 0.05) is 33.8 Å². The van der Waals surface area contributed by atoms with Gasteiger partial charge >= 0.3 is 0 Å². The van der Waals surface area contributed by atoms with Crippen molar-refractivity contribution in [3.05, 3.63) is 126 Å². The predicted octanol–water partition coefficient (Wildman–Crippen LogP) is 9.38. The number of hydrogen-bond donors (Lipinski definition) is 0. The predicted molar refractivity (Wildman–Crippen MR) is 160 cm³/mol. The smallest absolute Gasteiger partial charge is 0.227 e. The van der Waals surface area contributed by atoms with Gasteiger partial charge in [0.25, 0.3) is 0 Å². The van der Waals surface area contributed by atoms with Crippen LogP contribution in [0.3, 0.4) is 0 Å². The molecule has 0 unspecified atom stereocenters. The highest BCUT2D eigenvalue weighted by Gasteiger charge is 2.16. The third kappa shape index (κ3) is 3.67. The molecule has 4 aromatic carbocycles. The van der Waals surface area contributed by atoms with Gasteiger partial charge in [-0.25, -0.2) is 4.98 Å². The highest BCUT2D eigenvalue weighted by atomic mass is 32.1. The van der Waals surface area contributed by atoms with E-state index in [0.717, 1.165) is 50.2 Å². The van der Waals surface area contributed by atoms with Crippen LogP contribution in [-0.2, 0) is 0 Å². The summed E-state index contributed by atoms with van der Waals surface area (Å²) in [5.41, 5.74) is 10.3. The van der Waals surface area contributed by atoms with E-state index in [-0.39, 0.29) is 0 Å². The molecule has 0 radical (unpaired) electrons. The van der Waals surface area contributed by atoms with Crippen LogP contribution in [0.1, 0.15) is 0 Å². The van der Waals surface area contributed by atoms with Crippen LogP contribution >= 0.6 is 11.3 Å². The van der Waals surface area contributed by atoms with E-state index in [1.165, 1.54) is 16.3 Å². The molecule has 0 N–H and O–H groups in total. The molecule has 0 aliphatic heterocycles. The maximum Gasteiger partial charge on any atom is 0.227 e. The van der Waals surface area contributed by atoms with E-state index >= 15 is 0 Å². The highest BCUT2D eigenvalue weighted by Crippen LogP contribution is 2.36. The number of nitrogens with zero attached hydrogens (tertiary/aromatic N) is 3. The first kappa shape index (κ1) is 22.0. The number of thiophene rings is 1. The van der Waals surface area contributed by atoms with Gasteiger partial charge < -0.3 is 8.98 Å². The summed E-state index contributed by atoms with van der Waals surface area (Å²) in [6.07, 6.45) is 1.83. The molecule has 8 aromatic rings. The lowest BCUT2D eigenvalue weighted by Gasteiger charge is -2.10. The minimum atomic E-state index is 0.619. The first-order chi connectivity index (χ1) is 19.3. The second-order valence-electron chi connectivity index (χ2n) is 9.56. The maximum atomic E-state index is 6.31. The first-order valence-electron chi connectivity index (χ1n) is 12.8. The molecule has 0 spiro atoms. The van der Waals surface area contributed by atoms with Crippen LogP contribution in [-0.4, -0.2) is 14.5 Å². The summed E-state index contributed by atoms with van der Waals surface area (Å²) in [6.45, 7) is 0. The third-order valence-corrected chi connectivity index (χ3v) is 7.91. The van der Waals surface area contributed by atoms with E-state index in [1.807, 2.05) is 30.5 Å². The Morgan fingerprint density at radius 3 is 2.44 bits per heavy atom. The van der Waals surface area contributed by atoms with Crippen molar-refractivity contribution in [3.63, 3.8) is 0 Å². The van der Waals surface area contributed by atoms with Gasteiger partial charge in [-0.2, -0.15) is 11.3 Å². The van der Waals surface area contributed by atoms with Crippen molar-refractivity contribution in [2.24, 2.45) is 0 Å². The summed E-state index contributed by atoms with van der Waals surface area (Å²) < 4.78 is 8.63. The molecule has 0 bridgehead atoms. The van der Waals surface area contributed by atoms with Crippen molar-refractivity contribution in [2.45, 2.75) is 0 Å². The lowest BCUT2D eigenvalue weighted by molar-refractivity contribution is 0.620. The number of benzene rings is 4. The standard InChI is InChI=1S/C34H21N3OS/c1-2-10-31-27(8-1)28-13-11-24(34-36-30-14-12-22(20-33(30)38-34)25-15-17-39-21-25)19-32(28)37(31)26-7-5-6-23(18-26)29-9-3-4-16-35-29/h1-21H. The minimum absolute atomic E-state index is 0.619. The van der Waals surface area contributed by atoms with Crippen molar-refractivity contribution >= 4 is 44.2 Å². The van der Waals surface area contributed by atoms with Gasteiger partial charge in [-0.05, 0) is 82.6 Å². The lowest BCUT2D eigenvalue weighted by atomic mass is 10.1. The topological polar surface area (TPSA) is 43.9 Å². The molecule has 39 heavy (non-hydrogen) atoms. The summed E-state index contributed by atoms with van der Waals surface area (Å²) >= 11 is 1.69. The Bertz CT molecular complexity index is 2120. The highest BCUT2D eigenvalue weighted by molar-refractivity contribution is 7.08. The number of oxazole rings is 1. The molecule has 0 saturated heterocycles. The quantitative estimate of drug-likeness (QED) is 0.233. The summed E-state index contributed by atoms with van der Waals surface area (Å²) in [7, 11) is 0.